The van der Waals surface area contributed by atoms with E-state index >= 15 is 0 Å². The van der Waals surface area contributed by atoms with E-state index in [2.05, 4.69) is 25.8 Å². The highest BCUT2D eigenvalue weighted by atomic mass is 35.5. The predicted molar refractivity (Wildman–Crippen MR) is 93.0 cm³/mol. The normalized spacial score (nSPS) is 10.2. The number of pyridine rings is 1. The van der Waals surface area contributed by atoms with E-state index in [-0.39, 0.29) is 11.6 Å². The van der Waals surface area contributed by atoms with Gasteiger partial charge in [0.1, 0.15) is 5.82 Å². The molecule has 3 rings (SSSR count). The van der Waals surface area contributed by atoms with Gasteiger partial charge in [0.2, 0.25) is 0 Å². The maximum absolute atomic E-state index is 12.1. The molecule has 0 aliphatic rings. The molecule has 2 heterocycles. The van der Waals surface area contributed by atoms with Crippen LogP contribution in [0, 0.1) is 0 Å². The number of anilines is 2. The topological polar surface area (TPSA) is 79.8 Å². The zero-order valence-electron chi connectivity index (χ0n) is 12.6. The molecule has 0 saturated heterocycles. The van der Waals surface area contributed by atoms with Gasteiger partial charge in [-0.1, -0.05) is 23.7 Å². The lowest BCUT2D eigenvalue weighted by molar-refractivity contribution is 0.102. The summed E-state index contributed by atoms with van der Waals surface area (Å²) in [6.45, 7) is 0.580. The van der Waals surface area contributed by atoms with Crippen molar-refractivity contribution in [1.29, 1.82) is 0 Å². The molecule has 7 heteroatoms. The largest absolute Gasteiger partial charge is 0.364 e. The Balaban J connectivity index is 1.60. The monoisotopic (exact) mass is 339 g/mol. The van der Waals surface area contributed by atoms with E-state index in [4.69, 9.17) is 11.6 Å². The second-order valence-electron chi connectivity index (χ2n) is 4.98. The second kappa shape index (κ2) is 7.52. The molecule has 0 fully saturated rings. The molecule has 6 nitrogen and oxygen atoms in total. The zero-order valence-corrected chi connectivity index (χ0v) is 13.4. The van der Waals surface area contributed by atoms with Gasteiger partial charge >= 0.3 is 0 Å². The molecule has 3 aromatic rings. The number of halogens is 1. The van der Waals surface area contributed by atoms with Crippen LogP contribution in [0.4, 0.5) is 11.5 Å². The highest BCUT2D eigenvalue weighted by molar-refractivity contribution is 6.30. The summed E-state index contributed by atoms with van der Waals surface area (Å²) in [5.41, 5.74) is 1.86. The first-order valence-corrected chi connectivity index (χ1v) is 7.62. The molecule has 0 atom stereocenters. The number of hydrogen-bond donors (Lipinski definition) is 2. The molecule has 2 N–H and O–H groups in total. The zero-order chi connectivity index (χ0) is 16.8. The third-order valence-corrected chi connectivity index (χ3v) is 3.41. The van der Waals surface area contributed by atoms with Crippen molar-refractivity contribution in [1.82, 2.24) is 15.2 Å². The first-order chi connectivity index (χ1) is 11.7. The van der Waals surface area contributed by atoms with Crippen molar-refractivity contribution >= 4 is 29.0 Å². The van der Waals surface area contributed by atoms with Gasteiger partial charge in [-0.2, -0.15) is 0 Å². The van der Waals surface area contributed by atoms with E-state index in [1.807, 2.05) is 12.1 Å². The average molecular weight is 340 g/mol. The van der Waals surface area contributed by atoms with Crippen LogP contribution in [-0.2, 0) is 6.54 Å². The van der Waals surface area contributed by atoms with Gasteiger partial charge in [0.15, 0.2) is 5.69 Å². The lowest BCUT2D eigenvalue weighted by Crippen LogP contribution is -2.14. The smallest absolute Gasteiger partial charge is 0.276 e. The van der Waals surface area contributed by atoms with Crippen LogP contribution in [0.1, 0.15) is 16.1 Å². The van der Waals surface area contributed by atoms with Crippen molar-refractivity contribution in [3.05, 3.63) is 77.2 Å². The number of carbonyl (C=O) groups excluding carboxylic acids is 1. The first-order valence-electron chi connectivity index (χ1n) is 7.24. The Morgan fingerprint density at radius 1 is 1.08 bits per heavy atom. The second-order valence-corrected chi connectivity index (χ2v) is 5.42. The summed E-state index contributed by atoms with van der Waals surface area (Å²) >= 11 is 5.89. The van der Waals surface area contributed by atoms with Crippen LogP contribution in [0.15, 0.2) is 60.9 Å². The Hall–Kier alpha value is -2.99. The van der Waals surface area contributed by atoms with Crippen molar-refractivity contribution in [2.24, 2.45) is 0 Å². The van der Waals surface area contributed by atoms with Crippen molar-refractivity contribution in [3.8, 4) is 0 Å². The van der Waals surface area contributed by atoms with Crippen molar-refractivity contribution in [2.75, 3.05) is 10.6 Å². The molecule has 0 aliphatic heterocycles. The average Bonchev–Trinajstić information content (AvgIpc) is 2.61. The minimum Gasteiger partial charge on any atom is -0.364 e. The van der Waals surface area contributed by atoms with Crippen LogP contribution in [0.5, 0.6) is 0 Å². The van der Waals surface area contributed by atoms with E-state index in [1.54, 1.807) is 48.8 Å². The Bertz CT molecular complexity index is 824. The Morgan fingerprint density at radius 2 is 2.00 bits per heavy atom. The lowest BCUT2D eigenvalue weighted by Gasteiger charge is -2.06. The maximum Gasteiger partial charge on any atom is 0.276 e. The summed E-state index contributed by atoms with van der Waals surface area (Å²) in [7, 11) is 0. The lowest BCUT2D eigenvalue weighted by atomic mass is 10.3. The third kappa shape index (κ3) is 4.27. The molecule has 120 valence electrons. The standard InChI is InChI=1S/C17H14ClN5O/c18-13-4-1-5-14(9-13)21-17(24)15-6-7-16(23-22-15)20-11-12-3-2-8-19-10-12/h1-10H,11H2,(H,20,23)(H,21,24). The van der Waals surface area contributed by atoms with Crippen molar-refractivity contribution in [2.45, 2.75) is 6.54 Å². The van der Waals surface area contributed by atoms with Gasteiger partial charge in [-0.25, -0.2) is 0 Å². The van der Waals surface area contributed by atoms with Crippen LogP contribution in [0.2, 0.25) is 5.02 Å². The number of nitrogens with zero attached hydrogens (tertiary/aromatic N) is 3. The van der Waals surface area contributed by atoms with Gasteiger partial charge in [-0.3, -0.25) is 9.78 Å². The molecule has 0 unspecified atom stereocenters. The molecule has 2 aromatic heterocycles. The fourth-order valence-electron chi connectivity index (χ4n) is 2.00. The summed E-state index contributed by atoms with van der Waals surface area (Å²) < 4.78 is 0. The summed E-state index contributed by atoms with van der Waals surface area (Å²) in [5.74, 6) is 0.238. The van der Waals surface area contributed by atoms with Gasteiger partial charge in [0.05, 0.1) is 0 Å². The third-order valence-electron chi connectivity index (χ3n) is 3.18. The summed E-state index contributed by atoms with van der Waals surface area (Å²) in [5, 5.41) is 14.3. The first kappa shape index (κ1) is 15.9. The van der Waals surface area contributed by atoms with Gasteiger partial charge in [-0.15, -0.1) is 10.2 Å². The molecular formula is C17H14ClN5O. The number of hydrogen-bond acceptors (Lipinski definition) is 5. The van der Waals surface area contributed by atoms with Crippen LogP contribution >= 0.6 is 11.6 Å². The molecular weight excluding hydrogens is 326 g/mol. The van der Waals surface area contributed by atoms with E-state index < -0.39 is 0 Å². The molecule has 0 saturated carbocycles. The van der Waals surface area contributed by atoms with Crippen molar-refractivity contribution in [3.63, 3.8) is 0 Å². The summed E-state index contributed by atoms with van der Waals surface area (Å²) in [6, 6.07) is 14.0. The van der Waals surface area contributed by atoms with Gasteiger partial charge in [0, 0.05) is 29.6 Å². The Labute approximate surface area is 143 Å². The predicted octanol–water partition coefficient (Wildman–Crippen LogP) is 3.39. The fraction of sp³-hybridized carbons (Fsp3) is 0.0588. The number of benzene rings is 1. The quantitative estimate of drug-likeness (QED) is 0.744. The Kier molecular flexibility index (Phi) is 4.98. The van der Waals surface area contributed by atoms with Crippen molar-refractivity contribution < 1.29 is 4.79 Å². The molecule has 0 aliphatic carbocycles. The summed E-state index contributed by atoms with van der Waals surface area (Å²) in [6.07, 6.45) is 3.49. The summed E-state index contributed by atoms with van der Waals surface area (Å²) in [4.78, 5) is 16.2. The Morgan fingerprint density at radius 3 is 2.71 bits per heavy atom. The molecule has 0 bridgehead atoms. The van der Waals surface area contributed by atoms with E-state index in [0.717, 1.165) is 5.56 Å². The molecule has 1 amide bonds. The van der Waals surface area contributed by atoms with Crippen LogP contribution < -0.4 is 10.6 Å². The highest BCUT2D eigenvalue weighted by Gasteiger charge is 2.09. The fourth-order valence-corrected chi connectivity index (χ4v) is 2.19. The molecule has 0 spiro atoms. The number of nitrogens with one attached hydrogen (secondary N) is 2. The minimum absolute atomic E-state index is 0.224. The SMILES string of the molecule is O=C(Nc1cccc(Cl)c1)c1ccc(NCc2cccnc2)nn1. The molecule has 1 aromatic carbocycles. The van der Waals surface area contributed by atoms with E-state index in [1.165, 1.54) is 0 Å². The van der Waals surface area contributed by atoms with Crippen LogP contribution in [-0.4, -0.2) is 21.1 Å². The number of carbonyl (C=O) groups is 1. The van der Waals surface area contributed by atoms with E-state index in [0.29, 0.717) is 23.1 Å². The van der Waals surface area contributed by atoms with E-state index in [9.17, 15) is 4.79 Å². The van der Waals surface area contributed by atoms with Crippen LogP contribution in [0.3, 0.4) is 0 Å². The van der Waals surface area contributed by atoms with Gasteiger partial charge in [0.25, 0.3) is 5.91 Å². The number of amides is 1. The number of aromatic nitrogens is 3. The maximum atomic E-state index is 12.1. The van der Waals surface area contributed by atoms with Crippen LogP contribution in [0.25, 0.3) is 0 Å². The molecule has 24 heavy (non-hydrogen) atoms. The van der Waals surface area contributed by atoms with Gasteiger partial charge < -0.3 is 10.6 Å². The molecule has 0 radical (unpaired) electrons. The minimum atomic E-state index is -0.344. The van der Waals surface area contributed by atoms with Gasteiger partial charge in [-0.05, 0) is 42.0 Å². The number of rotatable bonds is 5. The highest BCUT2D eigenvalue weighted by Crippen LogP contribution is 2.15.